The molecule has 5 rings (SSSR count). The number of aromatic nitrogens is 4. The molecule has 0 N–H and O–H groups in total. The van der Waals surface area contributed by atoms with Crippen LogP contribution in [0, 0.1) is 0 Å². The lowest BCUT2D eigenvalue weighted by Crippen LogP contribution is -2.45. The molecular formula is C31H34N4OP2. The number of rotatable bonds is 6. The van der Waals surface area contributed by atoms with Crippen LogP contribution in [0.15, 0.2) is 85.7 Å². The van der Waals surface area contributed by atoms with Crippen molar-refractivity contribution >= 4 is 28.2 Å². The lowest BCUT2D eigenvalue weighted by Gasteiger charge is -2.50. The molecular weight excluding hydrogens is 506 g/mol. The summed E-state index contributed by atoms with van der Waals surface area (Å²) in [7, 11) is 2.32. The van der Waals surface area contributed by atoms with Crippen LogP contribution in [-0.4, -0.2) is 36.0 Å². The molecule has 1 saturated heterocycles. The first kappa shape index (κ1) is 26.7. The fourth-order valence-electron chi connectivity index (χ4n) is 6.11. The van der Waals surface area contributed by atoms with Crippen LogP contribution in [0.25, 0.3) is 0 Å². The van der Waals surface area contributed by atoms with Crippen molar-refractivity contribution in [3.05, 3.63) is 114 Å². The zero-order chi connectivity index (χ0) is 27.0. The molecule has 0 spiro atoms. The fraction of sp³-hybridized carbons (Fsp3) is 0.323. The number of hydrogen-bond donors (Lipinski definition) is 0. The Balaban J connectivity index is 1.79. The third-order valence-electron chi connectivity index (χ3n) is 7.38. The molecule has 1 fully saturated rings. The molecule has 7 heteroatoms. The Bertz CT molecular complexity index is 1370. The third kappa shape index (κ3) is 5.07. The van der Waals surface area contributed by atoms with Gasteiger partial charge in [0, 0.05) is 37.6 Å². The van der Waals surface area contributed by atoms with Crippen molar-refractivity contribution in [3.8, 4) is 0 Å². The summed E-state index contributed by atoms with van der Waals surface area (Å²) >= 11 is 0. The number of ketones is 1. The van der Waals surface area contributed by atoms with Crippen LogP contribution in [0.5, 0.6) is 0 Å². The summed E-state index contributed by atoms with van der Waals surface area (Å²) in [4.78, 5) is 31.3. The average Bonchev–Trinajstić information content (AvgIpc) is 2.89. The van der Waals surface area contributed by atoms with Crippen molar-refractivity contribution < 1.29 is 4.79 Å². The molecule has 194 valence electrons. The monoisotopic (exact) mass is 540 g/mol. The number of carbonyl (C=O) groups excluding carboxylic acids is 1. The van der Waals surface area contributed by atoms with Crippen molar-refractivity contribution in [1.82, 2.24) is 19.9 Å². The van der Waals surface area contributed by atoms with Gasteiger partial charge in [0.15, 0.2) is 0 Å². The van der Waals surface area contributed by atoms with E-state index in [1.54, 1.807) is 24.8 Å². The van der Waals surface area contributed by atoms with Gasteiger partial charge in [-0.15, -0.1) is 9.24 Å². The molecule has 1 atom stereocenters. The molecule has 3 heterocycles. The Labute approximate surface area is 228 Å². The van der Waals surface area contributed by atoms with E-state index < -0.39 is 13.1 Å². The molecule has 1 aliphatic heterocycles. The van der Waals surface area contributed by atoms with E-state index in [1.165, 1.54) is 16.4 Å². The predicted molar refractivity (Wildman–Crippen MR) is 158 cm³/mol. The van der Waals surface area contributed by atoms with Gasteiger partial charge in [0.05, 0.1) is 28.9 Å². The van der Waals surface area contributed by atoms with Gasteiger partial charge >= 0.3 is 0 Å². The Hall–Kier alpha value is -2.87. The second-order valence-corrected chi connectivity index (χ2v) is 15.8. The minimum atomic E-state index is -0.763. The summed E-state index contributed by atoms with van der Waals surface area (Å²) in [6.45, 7) is 9.03. The third-order valence-corrected chi connectivity index (χ3v) is 11.9. The SMILES string of the molecule is CC1(C)CC(=O)CC(C)(C)P1c1ccc(Cc2ccccc2)cc1C(P)(c1cnccn1)c1cnccn1. The molecule has 0 saturated carbocycles. The van der Waals surface area contributed by atoms with Gasteiger partial charge in [-0.2, -0.15) is 0 Å². The first-order valence-corrected chi connectivity index (χ1v) is 14.8. The van der Waals surface area contributed by atoms with Gasteiger partial charge < -0.3 is 0 Å². The molecule has 5 nitrogen and oxygen atoms in total. The summed E-state index contributed by atoms with van der Waals surface area (Å²) in [6, 6.07) is 17.4. The van der Waals surface area contributed by atoms with E-state index in [1.807, 2.05) is 18.5 Å². The molecule has 0 bridgehead atoms. The Morgan fingerprint density at radius 1 is 0.816 bits per heavy atom. The highest BCUT2D eigenvalue weighted by Gasteiger charge is 2.50. The summed E-state index contributed by atoms with van der Waals surface area (Å²) < 4.78 is 0. The standard InChI is InChI=1S/C31H34N4OP2/c1-29(2)18-24(36)19-30(3,4)38(29)26-11-10-23(16-22-8-6-5-7-9-22)17-25(26)31(37,27-20-32-12-14-34-27)28-21-33-13-15-35-28/h5-15,17,20-21H,16,18-19,37H2,1-4H3. The molecule has 0 aliphatic carbocycles. The zero-order valence-corrected chi connectivity index (χ0v) is 24.5. The Morgan fingerprint density at radius 3 is 1.92 bits per heavy atom. The van der Waals surface area contributed by atoms with E-state index in [2.05, 4.69) is 89.4 Å². The van der Waals surface area contributed by atoms with E-state index in [0.717, 1.165) is 23.4 Å². The van der Waals surface area contributed by atoms with Gasteiger partial charge in [-0.25, -0.2) is 0 Å². The summed E-state index contributed by atoms with van der Waals surface area (Å²) in [6.07, 6.45) is 12.5. The zero-order valence-electron chi connectivity index (χ0n) is 22.4. The quantitative estimate of drug-likeness (QED) is 0.279. The second kappa shape index (κ2) is 10.4. The van der Waals surface area contributed by atoms with Crippen LogP contribution >= 0.6 is 17.2 Å². The number of Topliss-reactive ketones (excluding diaryl/α,β-unsaturated/α-hetero) is 1. The van der Waals surface area contributed by atoms with Crippen LogP contribution in [0.2, 0.25) is 0 Å². The normalized spacial score (nSPS) is 17.3. The largest absolute Gasteiger partial charge is 0.300 e. The van der Waals surface area contributed by atoms with E-state index in [4.69, 9.17) is 9.97 Å². The lowest BCUT2D eigenvalue weighted by molar-refractivity contribution is -0.120. The van der Waals surface area contributed by atoms with Gasteiger partial charge in [0.25, 0.3) is 0 Å². The van der Waals surface area contributed by atoms with E-state index in [0.29, 0.717) is 18.6 Å². The van der Waals surface area contributed by atoms with Gasteiger partial charge in [-0.3, -0.25) is 24.7 Å². The number of nitrogens with zero attached hydrogens (tertiary/aromatic N) is 4. The first-order valence-electron chi connectivity index (χ1n) is 12.9. The van der Waals surface area contributed by atoms with Crippen molar-refractivity contribution in [2.45, 2.75) is 62.4 Å². The van der Waals surface area contributed by atoms with Crippen LogP contribution in [0.3, 0.4) is 0 Å². The molecule has 2 aromatic heterocycles. The Morgan fingerprint density at radius 2 is 1.39 bits per heavy atom. The van der Waals surface area contributed by atoms with Crippen LogP contribution < -0.4 is 5.30 Å². The maximum absolute atomic E-state index is 12.8. The van der Waals surface area contributed by atoms with Gasteiger partial charge in [0.1, 0.15) is 5.78 Å². The predicted octanol–water partition coefficient (Wildman–Crippen LogP) is 6.05. The van der Waals surface area contributed by atoms with E-state index in [-0.39, 0.29) is 10.3 Å². The van der Waals surface area contributed by atoms with E-state index >= 15 is 0 Å². The number of benzene rings is 2. The molecule has 4 aromatic rings. The topological polar surface area (TPSA) is 68.6 Å². The van der Waals surface area contributed by atoms with Crippen molar-refractivity contribution in [1.29, 1.82) is 0 Å². The molecule has 38 heavy (non-hydrogen) atoms. The molecule has 0 radical (unpaired) electrons. The fourth-order valence-corrected chi connectivity index (χ4v) is 11.1. The van der Waals surface area contributed by atoms with Crippen molar-refractivity contribution in [2.24, 2.45) is 0 Å². The van der Waals surface area contributed by atoms with Gasteiger partial charge in [0.2, 0.25) is 0 Å². The summed E-state index contributed by atoms with van der Waals surface area (Å²) in [5.74, 6) is 0.348. The molecule has 2 aromatic carbocycles. The highest BCUT2D eigenvalue weighted by Crippen LogP contribution is 2.65. The van der Waals surface area contributed by atoms with Gasteiger partial charge in [-0.1, -0.05) is 84.1 Å². The van der Waals surface area contributed by atoms with Crippen molar-refractivity contribution in [3.63, 3.8) is 0 Å². The van der Waals surface area contributed by atoms with Crippen LogP contribution in [0.4, 0.5) is 0 Å². The highest BCUT2D eigenvalue weighted by atomic mass is 31.1. The maximum Gasteiger partial charge on any atom is 0.134 e. The second-order valence-electron chi connectivity index (χ2n) is 11.4. The van der Waals surface area contributed by atoms with Crippen LogP contribution in [0.1, 0.15) is 68.6 Å². The smallest absolute Gasteiger partial charge is 0.134 e. The highest BCUT2D eigenvalue weighted by molar-refractivity contribution is 7.69. The Kier molecular flexibility index (Phi) is 7.29. The lowest BCUT2D eigenvalue weighted by atomic mass is 9.89. The minimum absolute atomic E-state index is 0.153. The van der Waals surface area contributed by atoms with Crippen LogP contribution in [-0.2, 0) is 16.4 Å². The van der Waals surface area contributed by atoms with Gasteiger partial charge in [-0.05, 0) is 38.7 Å². The maximum atomic E-state index is 12.8. The summed E-state index contributed by atoms with van der Waals surface area (Å²) in [5.41, 5.74) is 5.20. The van der Waals surface area contributed by atoms with Crippen molar-refractivity contribution in [2.75, 3.05) is 0 Å². The summed E-state index contributed by atoms with van der Waals surface area (Å²) in [5, 5.41) is 0.214. The number of carbonyl (C=O) groups is 1. The average molecular weight is 541 g/mol. The first-order chi connectivity index (χ1) is 18.1. The molecule has 1 unspecified atom stereocenters. The molecule has 1 aliphatic rings. The molecule has 0 amide bonds. The van der Waals surface area contributed by atoms with E-state index in [9.17, 15) is 4.79 Å². The minimum Gasteiger partial charge on any atom is -0.300 e. The number of hydrogen-bond acceptors (Lipinski definition) is 5.